The third-order valence-electron chi connectivity index (χ3n) is 2.31. The largest absolute Gasteiger partial charge is 0.395 e. The molecule has 1 aromatic heterocycles. The van der Waals surface area contributed by atoms with Crippen LogP contribution in [0.1, 0.15) is 5.69 Å². The monoisotopic (exact) mass is 225 g/mol. The van der Waals surface area contributed by atoms with Crippen LogP contribution >= 0.6 is 0 Å². The van der Waals surface area contributed by atoms with Gasteiger partial charge in [0.1, 0.15) is 0 Å². The zero-order valence-electron chi connectivity index (χ0n) is 9.59. The number of ether oxygens (including phenoxy) is 1. The number of aliphatic hydroxyl groups excluding tert-OH is 1. The van der Waals surface area contributed by atoms with Crippen molar-refractivity contribution < 1.29 is 9.84 Å². The highest BCUT2D eigenvalue weighted by Crippen LogP contribution is 2.13. The fraction of sp³-hybridized carbons (Fsp3) is 0.545. The Morgan fingerprint density at radius 2 is 2.31 bits per heavy atom. The molecule has 0 saturated heterocycles. The first-order chi connectivity index (χ1) is 7.81. The van der Waals surface area contributed by atoms with Gasteiger partial charge >= 0.3 is 0 Å². The summed E-state index contributed by atoms with van der Waals surface area (Å²) in [4.78, 5) is 6.18. The molecule has 1 heterocycles. The SMILES string of the molecule is COCCN(CCO)c1ccnc(CN)c1. The summed E-state index contributed by atoms with van der Waals surface area (Å²) in [7, 11) is 1.66. The summed E-state index contributed by atoms with van der Waals surface area (Å²) < 4.78 is 5.03. The Labute approximate surface area is 95.8 Å². The zero-order chi connectivity index (χ0) is 11.8. The van der Waals surface area contributed by atoms with Gasteiger partial charge in [-0.15, -0.1) is 0 Å². The average molecular weight is 225 g/mol. The Morgan fingerprint density at radius 3 is 2.94 bits per heavy atom. The van der Waals surface area contributed by atoms with Crippen LogP contribution < -0.4 is 10.6 Å². The molecule has 0 radical (unpaired) electrons. The van der Waals surface area contributed by atoms with E-state index < -0.39 is 0 Å². The Kier molecular flexibility index (Phi) is 5.77. The Morgan fingerprint density at radius 1 is 1.50 bits per heavy atom. The number of pyridine rings is 1. The summed E-state index contributed by atoms with van der Waals surface area (Å²) in [5, 5.41) is 9.00. The summed E-state index contributed by atoms with van der Waals surface area (Å²) in [6, 6.07) is 3.84. The van der Waals surface area contributed by atoms with Crippen LogP contribution in [0.5, 0.6) is 0 Å². The molecule has 0 amide bonds. The van der Waals surface area contributed by atoms with Gasteiger partial charge in [0.15, 0.2) is 0 Å². The summed E-state index contributed by atoms with van der Waals surface area (Å²) in [6.07, 6.45) is 1.73. The molecule has 5 heteroatoms. The van der Waals surface area contributed by atoms with Crippen molar-refractivity contribution >= 4 is 5.69 Å². The highest BCUT2D eigenvalue weighted by Gasteiger charge is 2.06. The lowest BCUT2D eigenvalue weighted by Crippen LogP contribution is -2.30. The summed E-state index contributed by atoms with van der Waals surface area (Å²) in [6.45, 7) is 2.48. The van der Waals surface area contributed by atoms with Crippen LogP contribution in [0.25, 0.3) is 0 Å². The predicted octanol–water partition coefficient (Wildman–Crippen LogP) is -0.0146. The van der Waals surface area contributed by atoms with Crippen molar-refractivity contribution in [2.75, 3.05) is 38.3 Å². The third kappa shape index (κ3) is 3.77. The number of methoxy groups -OCH3 is 1. The highest BCUT2D eigenvalue weighted by molar-refractivity contribution is 5.46. The number of nitrogens with zero attached hydrogens (tertiary/aromatic N) is 2. The molecule has 0 unspecified atom stereocenters. The minimum atomic E-state index is 0.115. The smallest absolute Gasteiger partial charge is 0.0637 e. The zero-order valence-corrected chi connectivity index (χ0v) is 9.59. The van der Waals surface area contributed by atoms with Crippen LogP contribution in [0.15, 0.2) is 18.3 Å². The number of rotatable bonds is 7. The molecule has 5 nitrogen and oxygen atoms in total. The first-order valence-electron chi connectivity index (χ1n) is 5.31. The second kappa shape index (κ2) is 7.16. The van der Waals surface area contributed by atoms with Crippen LogP contribution in [0, 0.1) is 0 Å². The van der Waals surface area contributed by atoms with Crippen molar-refractivity contribution in [2.24, 2.45) is 5.73 Å². The first kappa shape index (κ1) is 12.9. The number of hydrogen-bond acceptors (Lipinski definition) is 5. The van der Waals surface area contributed by atoms with Gasteiger partial charge in [-0.05, 0) is 12.1 Å². The van der Waals surface area contributed by atoms with Gasteiger partial charge in [-0.2, -0.15) is 0 Å². The maximum absolute atomic E-state index is 9.00. The summed E-state index contributed by atoms with van der Waals surface area (Å²) >= 11 is 0. The molecule has 1 aromatic rings. The number of aromatic nitrogens is 1. The molecule has 0 aromatic carbocycles. The van der Waals surface area contributed by atoms with Gasteiger partial charge in [-0.3, -0.25) is 4.98 Å². The lowest BCUT2D eigenvalue weighted by Gasteiger charge is -2.23. The van der Waals surface area contributed by atoms with E-state index >= 15 is 0 Å². The molecule has 0 aliphatic heterocycles. The Balaban J connectivity index is 2.73. The number of hydrogen-bond donors (Lipinski definition) is 2. The lowest BCUT2D eigenvalue weighted by atomic mass is 10.3. The van der Waals surface area contributed by atoms with E-state index in [1.165, 1.54) is 0 Å². The van der Waals surface area contributed by atoms with E-state index in [1.54, 1.807) is 13.3 Å². The molecule has 90 valence electrons. The van der Waals surface area contributed by atoms with E-state index in [1.807, 2.05) is 17.0 Å². The van der Waals surface area contributed by atoms with Gasteiger partial charge in [0.2, 0.25) is 0 Å². The van der Waals surface area contributed by atoms with Crippen LogP contribution in [0.3, 0.4) is 0 Å². The molecular formula is C11H19N3O2. The molecule has 16 heavy (non-hydrogen) atoms. The van der Waals surface area contributed by atoms with Crippen molar-refractivity contribution in [3.63, 3.8) is 0 Å². The molecule has 0 saturated carbocycles. The van der Waals surface area contributed by atoms with E-state index in [4.69, 9.17) is 15.6 Å². The van der Waals surface area contributed by atoms with E-state index in [9.17, 15) is 0 Å². The van der Waals surface area contributed by atoms with Crippen molar-refractivity contribution in [2.45, 2.75) is 6.54 Å². The number of nitrogens with two attached hydrogens (primary N) is 1. The van der Waals surface area contributed by atoms with Gasteiger partial charge in [0.05, 0.1) is 18.9 Å². The minimum Gasteiger partial charge on any atom is -0.395 e. The third-order valence-corrected chi connectivity index (χ3v) is 2.31. The van der Waals surface area contributed by atoms with Crippen LogP contribution in [-0.4, -0.2) is 43.5 Å². The Hall–Kier alpha value is -1.17. The molecular weight excluding hydrogens is 206 g/mol. The van der Waals surface area contributed by atoms with Crippen molar-refractivity contribution in [3.8, 4) is 0 Å². The van der Waals surface area contributed by atoms with E-state index in [0.717, 1.165) is 17.9 Å². The van der Waals surface area contributed by atoms with Gasteiger partial charge in [0, 0.05) is 38.6 Å². The van der Waals surface area contributed by atoms with Gasteiger partial charge in [-0.25, -0.2) is 0 Å². The van der Waals surface area contributed by atoms with Crippen molar-refractivity contribution in [1.29, 1.82) is 0 Å². The lowest BCUT2D eigenvalue weighted by molar-refractivity contribution is 0.203. The molecule has 3 N–H and O–H groups in total. The van der Waals surface area contributed by atoms with Crippen LogP contribution in [-0.2, 0) is 11.3 Å². The fourth-order valence-corrected chi connectivity index (χ4v) is 1.47. The molecule has 0 aliphatic carbocycles. The number of aliphatic hydroxyl groups is 1. The van der Waals surface area contributed by atoms with Crippen LogP contribution in [0.4, 0.5) is 5.69 Å². The highest BCUT2D eigenvalue weighted by atomic mass is 16.5. The van der Waals surface area contributed by atoms with Gasteiger partial charge in [-0.1, -0.05) is 0 Å². The quantitative estimate of drug-likeness (QED) is 0.682. The maximum Gasteiger partial charge on any atom is 0.0637 e. The van der Waals surface area contributed by atoms with E-state index in [-0.39, 0.29) is 6.61 Å². The van der Waals surface area contributed by atoms with Crippen LogP contribution in [0.2, 0.25) is 0 Å². The summed E-state index contributed by atoms with van der Waals surface area (Å²) in [5.41, 5.74) is 7.40. The fourth-order valence-electron chi connectivity index (χ4n) is 1.47. The minimum absolute atomic E-state index is 0.115. The Bertz CT molecular complexity index is 307. The second-order valence-corrected chi connectivity index (χ2v) is 3.41. The van der Waals surface area contributed by atoms with Crippen molar-refractivity contribution in [1.82, 2.24) is 4.98 Å². The van der Waals surface area contributed by atoms with Gasteiger partial charge < -0.3 is 20.5 Å². The second-order valence-electron chi connectivity index (χ2n) is 3.41. The average Bonchev–Trinajstić information content (AvgIpc) is 2.34. The first-order valence-corrected chi connectivity index (χ1v) is 5.31. The normalized spacial score (nSPS) is 10.4. The molecule has 1 rings (SSSR count). The number of anilines is 1. The molecule has 0 fully saturated rings. The van der Waals surface area contributed by atoms with Crippen molar-refractivity contribution in [3.05, 3.63) is 24.0 Å². The predicted molar refractivity (Wildman–Crippen MR) is 63.3 cm³/mol. The van der Waals surface area contributed by atoms with E-state index in [0.29, 0.717) is 19.7 Å². The molecule has 0 spiro atoms. The topological polar surface area (TPSA) is 71.6 Å². The van der Waals surface area contributed by atoms with E-state index in [2.05, 4.69) is 4.98 Å². The molecule has 0 aliphatic rings. The molecule has 0 atom stereocenters. The standard InChI is InChI=1S/C11H19N3O2/c1-16-7-5-14(4-6-15)11-2-3-13-10(8-11)9-12/h2-3,8,15H,4-7,9,12H2,1H3. The molecule has 0 bridgehead atoms. The van der Waals surface area contributed by atoms with Gasteiger partial charge in [0.25, 0.3) is 0 Å². The summed E-state index contributed by atoms with van der Waals surface area (Å²) in [5.74, 6) is 0. The maximum atomic E-state index is 9.00.